The molecule has 2 aromatic carbocycles. The summed E-state index contributed by atoms with van der Waals surface area (Å²) in [5, 5.41) is 21.9. The molecular weight excluding hydrogens is 492 g/mol. The van der Waals surface area contributed by atoms with E-state index in [0.717, 1.165) is 21.7 Å². The van der Waals surface area contributed by atoms with Gasteiger partial charge in [0.1, 0.15) is 0 Å². The fourth-order valence-corrected chi connectivity index (χ4v) is 4.90. The van der Waals surface area contributed by atoms with Crippen molar-refractivity contribution in [2.24, 2.45) is 0 Å². The number of amides is 1. The summed E-state index contributed by atoms with van der Waals surface area (Å²) < 4.78 is 12.7. The summed E-state index contributed by atoms with van der Waals surface area (Å²) in [4.78, 5) is 27.3. The molecule has 4 rings (SSSR count). The van der Waals surface area contributed by atoms with Crippen molar-refractivity contribution in [3.05, 3.63) is 89.6 Å². The molecular formula is C28H30N2O6S. The molecule has 3 aromatic rings. The Labute approximate surface area is 220 Å². The molecule has 1 fully saturated rings. The van der Waals surface area contributed by atoms with Crippen LogP contribution in [0.25, 0.3) is 0 Å². The molecule has 1 saturated heterocycles. The highest BCUT2D eigenvalue weighted by atomic mass is 32.2. The van der Waals surface area contributed by atoms with Gasteiger partial charge in [-0.25, -0.2) is 4.98 Å². The predicted octanol–water partition coefficient (Wildman–Crippen LogP) is 5.11. The number of aliphatic hydroxyl groups excluding tert-OH is 1. The summed E-state index contributed by atoms with van der Waals surface area (Å²) in [5.74, 6) is -0.463. The van der Waals surface area contributed by atoms with Crippen molar-refractivity contribution in [1.29, 1.82) is 0 Å². The molecule has 0 aliphatic carbocycles. The minimum atomic E-state index is -0.919. The molecule has 0 unspecified atom stereocenters. The number of pyridine rings is 1. The summed E-state index contributed by atoms with van der Waals surface area (Å²) in [7, 11) is 0. The van der Waals surface area contributed by atoms with Crippen LogP contribution in [0, 0.1) is 0 Å². The number of carbonyl (C=O) groups is 2. The number of benzene rings is 2. The largest absolute Gasteiger partial charge is 0.481 e. The zero-order chi connectivity index (χ0) is 26.0. The maximum Gasteiger partial charge on any atom is 0.303 e. The highest BCUT2D eigenvalue weighted by molar-refractivity contribution is 7.99. The first-order valence-corrected chi connectivity index (χ1v) is 13.1. The molecule has 8 nitrogen and oxygen atoms in total. The number of carboxylic acid groups (broad SMARTS) is 1. The van der Waals surface area contributed by atoms with Crippen LogP contribution in [0.4, 0.5) is 5.69 Å². The number of anilines is 1. The molecule has 0 radical (unpaired) electrons. The van der Waals surface area contributed by atoms with Crippen molar-refractivity contribution < 1.29 is 29.3 Å². The number of nitrogens with zero attached hydrogens (tertiary/aromatic N) is 1. The topological polar surface area (TPSA) is 118 Å². The van der Waals surface area contributed by atoms with E-state index in [2.05, 4.69) is 10.3 Å². The monoisotopic (exact) mass is 522 g/mol. The van der Waals surface area contributed by atoms with Crippen molar-refractivity contribution in [2.75, 3.05) is 11.1 Å². The second-order valence-corrected chi connectivity index (χ2v) is 9.79. The average Bonchev–Trinajstić information content (AvgIpc) is 2.92. The van der Waals surface area contributed by atoms with Crippen molar-refractivity contribution in [3.8, 4) is 0 Å². The van der Waals surface area contributed by atoms with Crippen molar-refractivity contribution in [1.82, 2.24) is 4.98 Å². The van der Waals surface area contributed by atoms with Gasteiger partial charge in [0.15, 0.2) is 6.29 Å². The lowest BCUT2D eigenvalue weighted by Gasteiger charge is -2.36. The molecule has 37 heavy (non-hydrogen) atoms. The van der Waals surface area contributed by atoms with Crippen LogP contribution in [0.1, 0.15) is 54.8 Å². The molecule has 1 aromatic heterocycles. The van der Waals surface area contributed by atoms with Crippen LogP contribution in [-0.4, -0.2) is 38.9 Å². The molecule has 0 saturated carbocycles. The quantitative estimate of drug-likeness (QED) is 0.298. The summed E-state index contributed by atoms with van der Waals surface area (Å²) >= 11 is 1.63. The number of aromatic nitrogens is 1. The lowest BCUT2D eigenvalue weighted by molar-refractivity contribution is -0.245. The van der Waals surface area contributed by atoms with Crippen LogP contribution >= 0.6 is 11.8 Å². The summed E-state index contributed by atoms with van der Waals surface area (Å²) in [6, 6.07) is 20.8. The molecule has 3 atom stereocenters. The minimum Gasteiger partial charge on any atom is -0.481 e. The Morgan fingerprint density at radius 1 is 1.00 bits per heavy atom. The van der Waals surface area contributed by atoms with E-state index in [1.54, 1.807) is 24.0 Å². The first-order chi connectivity index (χ1) is 18.0. The van der Waals surface area contributed by atoms with Gasteiger partial charge in [0.05, 0.1) is 23.8 Å². The zero-order valence-electron chi connectivity index (χ0n) is 20.3. The number of hydrogen-bond donors (Lipinski definition) is 3. The van der Waals surface area contributed by atoms with Crippen LogP contribution in [0.5, 0.6) is 0 Å². The van der Waals surface area contributed by atoms with Crippen molar-refractivity contribution >= 4 is 29.3 Å². The number of carboxylic acids is 1. The lowest BCUT2D eigenvalue weighted by atomic mass is 10.0. The van der Waals surface area contributed by atoms with Crippen LogP contribution < -0.4 is 5.32 Å². The molecule has 9 heteroatoms. The molecule has 0 spiro atoms. The highest BCUT2D eigenvalue weighted by Crippen LogP contribution is 2.39. The van der Waals surface area contributed by atoms with Gasteiger partial charge < -0.3 is 25.0 Å². The fraction of sp³-hybridized carbons (Fsp3) is 0.321. The molecule has 0 bridgehead atoms. The van der Waals surface area contributed by atoms with Crippen LogP contribution in [0.3, 0.4) is 0 Å². The van der Waals surface area contributed by atoms with E-state index in [-0.39, 0.29) is 44.0 Å². The smallest absolute Gasteiger partial charge is 0.303 e. The van der Waals surface area contributed by atoms with Gasteiger partial charge in [-0.3, -0.25) is 9.59 Å². The van der Waals surface area contributed by atoms with Gasteiger partial charge in [-0.2, -0.15) is 0 Å². The molecule has 194 valence electrons. The first-order valence-electron chi connectivity index (χ1n) is 12.2. The van der Waals surface area contributed by atoms with E-state index in [1.165, 1.54) is 0 Å². The maximum atomic E-state index is 12.2. The van der Waals surface area contributed by atoms with Gasteiger partial charge in [0, 0.05) is 42.5 Å². The van der Waals surface area contributed by atoms with E-state index >= 15 is 0 Å². The third kappa shape index (κ3) is 8.13. The number of ether oxygens (including phenoxy) is 2. The normalized spacial score (nSPS) is 19.3. The number of hydrogen-bond acceptors (Lipinski definition) is 7. The van der Waals surface area contributed by atoms with Crippen molar-refractivity contribution in [2.45, 2.75) is 55.8 Å². The molecule has 2 heterocycles. The highest BCUT2D eigenvalue weighted by Gasteiger charge is 2.32. The van der Waals surface area contributed by atoms with Gasteiger partial charge in [-0.1, -0.05) is 42.5 Å². The van der Waals surface area contributed by atoms with E-state index in [9.17, 15) is 14.7 Å². The lowest BCUT2D eigenvalue weighted by Crippen LogP contribution is -2.31. The minimum absolute atomic E-state index is 0.0182. The van der Waals surface area contributed by atoms with E-state index in [1.807, 2.05) is 60.7 Å². The van der Waals surface area contributed by atoms with Gasteiger partial charge >= 0.3 is 5.97 Å². The van der Waals surface area contributed by atoms with Crippen LogP contribution in [0.15, 0.2) is 78.0 Å². The fourth-order valence-electron chi connectivity index (χ4n) is 4.02. The summed E-state index contributed by atoms with van der Waals surface area (Å²) in [6.07, 6.45) is 1.83. The Bertz CT molecular complexity index is 1170. The average molecular weight is 523 g/mol. The van der Waals surface area contributed by atoms with Crippen LogP contribution in [-0.2, 0) is 25.7 Å². The Hall–Kier alpha value is -3.24. The van der Waals surface area contributed by atoms with E-state index < -0.39 is 12.3 Å². The van der Waals surface area contributed by atoms with Gasteiger partial charge in [-0.15, -0.1) is 11.8 Å². The molecule has 1 aliphatic heterocycles. The van der Waals surface area contributed by atoms with E-state index in [0.29, 0.717) is 17.9 Å². The summed E-state index contributed by atoms with van der Waals surface area (Å²) in [5.41, 5.74) is 3.20. The number of thioether (sulfide) groups is 1. The van der Waals surface area contributed by atoms with Crippen LogP contribution in [0.2, 0.25) is 0 Å². The number of aliphatic hydroxyl groups is 1. The standard InChI is InChI=1S/C28H30N2O6S/c31-17-19-10-12-20(13-11-19)24-16-23(18-37-26-8-1-2-14-29-26)35-28(36-24)21-5-3-6-22(15-21)30-25(32)7-4-9-27(33)34/h1-3,5-6,8,10-15,23-24,28,31H,4,7,9,16-18H2,(H,30,32)(H,33,34)/t23-,24+,28+/m1/s1. The summed E-state index contributed by atoms with van der Waals surface area (Å²) in [6.45, 7) is -0.0182. The number of carbonyl (C=O) groups excluding carboxylic acids is 1. The van der Waals surface area contributed by atoms with Crippen molar-refractivity contribution in [3.63, 3.8) is 0 Å². The third-order valence-corrected chi connectivity index (χ3v) is 6.98. The maximum absolute atomic E-state index is 12.2. The second-order valence-electron chi connectivity index (χ2n) is 8.75. The number of nitrogens with one attached hydrogen (secondary N) is 1. The van der Waals surface area contributed by atoms with Gasteiger partial charge in [0.25, 0.3) is 0 Å². The predicted molar refractivity (Wildman–Crippen MR) is 140 cm³/mol. The number of rotatable bonds is 11. The molecule has 3 N–H and O–H groups in total. The van der Waals surface area contributed by atoms with E-state index in [4.69, 9.17) is 14.6 Å². The Kier molecular flexibility index (Phi) is 9.67. The number of aliphatic carboxylic acids is 1. The second kappa shape index (κ2) is 13.3. The SMILES string of the molecule is O=C(O)CCCC(=O)Nc1cccc([C@H]2O[C@@H](CSc3ccccn3)C[C@@H](c3ccc(CO)cc3)O2)c1. The Morgan fingerprint density at radius 3 is 2.57 bits per heavy atom. The molecule has 1 amide bonds. The first kappa shape index (κ1) is 26.8. The third-order valence-electron chi connectivity index (χ3n) is 5.91. The Balaban J connectivity index is 1.48. The zero-order valence-corrected chi connectivity index (χ0v) is 21.1. The Morgan fingerprint density at radius 2 is 1.84 bits per heavy atom. The van der Waals surface area contributed by atoms with Gasteiger partial charge in [-0.05, 0) is 41.8 Å². The molecule has 1 aliphatic rings. The van der Waals surface area contributed by atoms with Gasteiger partial charge in [0.2, 0.25) is 5.91 Å².